The van der Waals surface area contributed by atoms with Gasteiger partial charge in [0.15, 0.2) is 9.84 Å². The summed E-state index contributed by atoms with van der Waals surface area (Å²) in [6.45, 7) is 2.05. The molecule has 0 saturated heterocycles. The highest BCUT2D eigenvalue weighted by atomic mass is 32.2. The van der Waals surface area contributed by atoms with E-state index in [2.05, 4.69) is 0 Å². The third-order valence-electron chi connectivity index (χ3n) is 2.23. The average molecular weight is 227 g/mol. The van der Waals surface area contributed by atoms with Crippen molar-refractivity contribution >= 4 is 15.5 Å². The van der Waals surface area contributed by atoms with Gasteiger partial charge in [-0.1, -0.05) is 25.8 Å². The fourth-order valence-electron chi connectivity index (χ4n) is 1.37. The zero-order valence-electron chi connectivity index (χ0n) is 8.94. The molecule has 0 bridgehead atoms. The molecule has 1 aromatic carbocycles. The fourth-order valence-corrected chi connectivity index (χ4v) is 2.79. The van der Waals surface area contributed by atoms with Gasteiger partial charge in [0.2, 0.25) is 0 Å². The summed E-state index contributed by atoms with van der Waals surface area (Å²) in [5, 5.41) is 0. The largest absolute Gasteiger partial charge is 0.399 e. The summed E-state index contributed by atoms with van der Waals surface area (Å²) < 4.78 is 23.6. The van der Waals surface area contributed by atoms with Crippen LogP contribution < -0.4 is 5.73 Å². The van der Waals surface area contributed by atoms with E-state index in [1.165, 1.54) is 6.07 Å². The van der Waals surface area contributed by atoms with Crippen LogP contribution in [-0.2, 0) is 9.84 Å². The van der Waals surface area contributed by atoms with Gasteiger partial charge in [0.05, 0.1) is 10.6 Å². The number of nitrogen functional groups attached to an aromatic ring is 1. The van der Waals surface area contributed by atoms with Crippen molar-refractivity contribution in [3.8, 4) is 0 Å². The molecular formula is C11H17NO2S. The summed E-state index contributed by atoms with van der Waals surface area (Å²) in [5.74, 6) is 0.213. The van der Waals surface area contributed by atoms with Crippen molar-refractivity contribution in [2.45, 2.75) is 31.1 Å². The van der Waals surface area contributed by atoms with Crippen LogP contribution in [0.1, 0.15) is 26.2 Å². The Bertz CT molecular complexity index is 412. The molecule has 0 amide bonds. The Morgan fingerprint density at radius 1 is 1.27 bits per heavy atom. The lowest BCUT2D eigenvalue weighted by Gasteiger charge is -2.04. The van der Waals surface area contributed by atoms with E-state index in [-0.39, 0.29) is 5.75 Å². The smallest absolute Gasteiger partial charge is 0.178 e. The van der Waals surface area contributed by atoms with E-state index in [9.17, 15) is 8.42 Å². The second-order valence-corrected chi connectivity index (χ2v) is 5.71. The number of sulfone groups is 1. The molecule has 0 aliphatic rings. The fraction of sp³-hybridized carbons (Fsp3) is 0.455. The average Bonchev–Trinajstić information content (AvgIpc) is 2.18. The number of rotatable bonds is 5. The predicted octanol–water partition coefficient (Wildman–Crippen LogP) is 2.23. The summed E-state index contributed by atoms with van der Waals surface area (Å²) in [6, 6.07) is 6.46. The second-order valence-electron chi connectivity index (χ2n) is 3.60. The van der Waals surface area contributed by atoms with Gasteiger partial charge in [-0.3, -0.25) is 0 Å². The van der Waals surface area contributed by atoms with Gasteiger partial charge in [-0.2, -0.15) is 0 Å². The third kappa shape index (κ3) is 3.55. The predicted molar refractivity (Wildman–Crippen MR) is 62.4 cm³/mol. The first-order chi connectivity index (χ1) is 7.06. The van der Waals surface area contributed by atoms with Gasteiger partial charge in [0.25, 0.3) is 0 Å². The first kappa shape index (κ1) is 12.0. The minimum atomic E-state index is -3.14. The lowest BCUT2D eigenvalue weighted by molar-refractivity contribution is 0.591. The van der Waals surface area contributed by atoms with E-state index < -0.39 is 9.84 Å². The van der Waals surface area contributed by atoms with Crippen LogP contribution in [-0.4, -0.2) is 14.2 Å². The Hall–Kier alpha value is -1.03. The number of anilines is 1. The first-order valence-electron chi connectivity index (χ1n) is 5.14. The van der Waals surface area contributed by atoms with Crippen LogP contribution in [0.15, 0.2) is 29.2 Å². The SMILES string of the molecule is CCCCCS(=O)(=O)c1cccc(N)c1. The quantitative estimate of drug-likeness (QED) is 0.620. The van der Waals surface area contributed by atoms with Crippen molar-refractivity contribution in [2.75, 3.05) is 11.5 Å². The maximum absolute atomic E-state index is 11.8. The van der Waals surface area contributed by atoms with Crippen LogP contribution in [0.2, 0.25) is 0 Å². The highest BCUT2D eigenvalue weighted by Crippen LogP contribution is 2.15. The van der Waals surface area contributed by atoms with Crippen molar-refractivity contribution < 1.29 is 8.42 Å². The van der Waals surface area contributed by atoms with E-state index in [0.717, 1.165) is 12.8 Å². The van der Waals surface area contributed by atoms with Crippen molar-refractivity contribution in [3.05, 3.63) is 24.3 Å². The van der Waals surface area contributed by atoms with Crippen molar-refractivity contribution in [1.29, 1.82) is 0 Å². The summed E-state index contributed by atoms with van der Waals surface area (Å²) in [6.07, 6.45) is 2.68. The van der Waals surface area contributed by atoms with Crippen LogP contribution in [0.4, 0.5) is 5.69 Å². The Kier molecular flexibility index (Phi) is 4.15. The number of unbranched alkanes of at least 4 members (excludes halogenated alkanes) is 2. The molecule has 1 rings (SSSR count). The maximum atomic E-state index is 11.8. The zero-order chi connectivity index (χ0) is 11.3. The molecule has 0 radical (unpaired) electrons. The minimum absolute atomic E-state index is 0.213. The number of hydrogen-bond donors (Lipinski definition) is 1. The molecule has 0 aromatic heterocycles. The molecular weight excluding hydrogens is 210 g/mol. The highest BCUT2D eigenvalue weighted by Gasteiger charge is 2.13. The molecule has 4 heteroatoms. The van der Waals surface area contributed by atoms with Crippen molar-refractivity contribution in [2.24, 2.45) is 0 Å². The molecule has 0 heterocycles. The molecule has 0 atom stereocenters. The second kappa shape index (κ2) is 5.16. The Labute approximate surface area is 91.2 Å². The summed E-state index contributed by atoms with van der Waals surface area (Å²) in [5.41, 5.74) is 6.04. The van der Waals surface area contributed by atoms with Crippen LogP contribution in [0.5, 0.6) is 0 Å². The van der Waals surface area contributed by atoms with Crippen LogP contribution in [0, 0.1) is 0 Å². The van der Waals surface area contributed by atoms with Gasteiger partial charge >= 0.3 is 0 Å². The molecule has 0 saturated carbocycles. The molecule has 0 aliphatic heterocycles. The highest BCUT2D eigenvalue weighted by molar-refractivity contribution is 7.91. The third-order valence-corrected chi connectivity index (χ3v) is 4.03. The van der Waals surface area contributed by atoms with E-state index in [0.29, 0.717) is 17.0 Å². The molecule has 0 fully saturated rings. The topological polar surface area (TPSA) is 60.2 Å². The summed E-state index contributed by atoms with van der Waals surface area (Å²) in [4.78, 5) is 0.332. The zero-order valence-corrected chi connectivity index (χ0v) is 9.76. The summed E-state index contributed by atoms with van der Waals surface area (Å²) in [7, 11) is -3.14. The van der Waals surface area contributed by atoms with E-state index in [4.69, 9.17) is 5.73 Å². The molecule has 15 heavy (non-hydrogen) atoms. The van der Waals surface area contributed by atoms with Gasteiger partial charge in [0, 0.05) is 5.69 Å². The van der Waals surface area contributed by atoms with E-state index in [1.54, 1.807) is 18.2 Å². The molecule has 0 aliphatic carbocycles. The van der Waals surface area contributed by atoms with E-state index >= 15 is 0 Å². The Morgan fingerprint density at radius 3 is 2.60 bits per heavy atom. The van der Waals surface area contributed by atoms with Gasteiger partial charge in [0.1, 0.15) is 0 Å². The molecule has 2 N–H and O–H groups in total. The molecule has 84 valence electrons. The van der Waals surface area contributed by atoms with Gasteiger partial charge < -0.3 is 5.73 Å². The molecule has 0 unspecified atom stereocenters. The molecule has 3 nitrogen and oxygen atoms in total. The monoisotopic (exact) mass is 227 g/mol. The lowest BCUT2D eigenvalue weighted by Crippen LogP contribution is -2.07. The lowest BCUT2D eigenvalue weighted by atomic mass is 10.3. The Morgan fingerprint density at radius 2 is 2.00 bits per heavy atom. The molecule has 1 aromatic rings. The minimum Gasteiger partial charge on any atom is -0.399 e. The van der Waals surface area contributed by atoms with Gasteiger partial charge in [-0.25, -0.2) is 8.42 Å². The number of nitrogens with two attached hydrogens (primary N) is 1. The maximum Gasteiger partial charge on any atom is 0.178 e. The van der Waals surface area contributed by atoms with Gasteiger partial charge in [-0.15, -0.1) is 0 Å². The van der Waals surface area contributed by atoms with Crippen LogP contribution in [0.3, 0.4) is 0 Å². The number of hydrogen-bond acceptors (Lipinski definition) is 3. The normalized spacial score (nSPS) is 11.5. The standard InChI is InChI=1S/C11H17NO2S/c1-2-3-4-8-15(13,14)11-7-5-6-10(12)9-11/h5-7,9H,2-4,8,12H2,1H3. The van der Waals surface area contributed by atoms with Crippen molar-refractivity contribution in [3.63, 3.8) is 0 Å². The van der Waals surface area contributed by atoms with Crippen LogP contribution >= 0.6 is 0 Å². The molecule has 0 spiro atoms. The van der Waals surface area contributed by atoms with E-state index in [1.807, 2.05) is 6.92 Å². The number of benzene rings is 1. The van der Waals surface area contributed by atoms with Crippen molar-refractivity contribution in [1.82, 2.24) is 0 Å². The van der Waals surface area contributed by atoms with Gasteiger partial charge in [-0.05, 0) is 24.6 Å². The van der Waals surface area contributed by atoms with Crippen LogP contribution in [0.25, 0.3) is 0 Å². The first-order valence-corrected chi connectivity index (χ1v) is 6.80. The Balaban J connectivity index is 2.77. The summed E-state index contributed by atoms with van der Waals surface area (Å²) >= 11 is 0.